The number of nitrogen functional groups attached to an aromatic ring is 1. The molecule has 0 fully saturated rings. The molecule has 3 rings (SSSR count). The van der Waals surface area contributed by atoms with Crippen molar-refractivity contribution < 1.29 is 9.53 Å². The lowest BCUT2D eigenvalue weighted by Crippen LogP contribution is -2.37. The maximum atomic E-state index is 12.9. The van der Waals surface area contributed by atoms with Gasteiger partial charge < -0.3 is 15.0 Å². The number of carbonyl (C=O) groups is 1. The molecule has 2 aromatic heterocycles. The summed E-state index contributed by atoms with van der Waals surface area (Å²) < 4.78 is 8.00. The van der Waals surface area contributed by atoms with E-state index in [1.165, 1.54) is 12.7 Å². The second-order valence-corrected chi connectivity index (χ2v) is 9.70. The molecule has 0 amide bonds. The number of Topliss-reactive ketones (excluding diaryl/α,β-unsaturated/α-hetero) is 1. The third kappa shape index (κ3) is 5.31. The fourth-order valence-electron chi connectivity index (χ4n) is 3.48. The van der Waals surface area contributed by atoms with E-state index in [4.69, 9.17) is 10.5 Å². The number of ether oxygens (including phenoxy) is 1. The van der Waals surface area contributed by atoms with Crippen molar-refractivity contribution in [3.8, 4) is 11.4 Å². The van der Waals surface area contributed by atoms with Crippen LogP contribution in [0.15, 0.2) is 39.0 Å². The van der Waals surface area contributed by atoms with Crippen LogP contribution in [0, 0.1) is 0 Å². The largest absolute Gasteiger partial charge is 0.384 e. The average molecular weight is 487 g/mol. The number of hydrogen-bond donors (Lipinski definition) is 2. The van der Waals surface area contributed by atoms with Gasteiger partial charge in [0.25, 0.3) is 5.56 Å². The number of aromatic nitrogens is 5. The van der Waals surface area contributed by atoms with Gasteiger partial charge >= 0.3 is 5.69 Å². The Labute approximate surface area is 201 Å². The highest BCUT2D eigenvalue weighted by Crippen LogP contribution is 2.28. The molecule has 0 saturated heterocycles. The van der Waals surface area contributed by atoms with Crippen LogP contribution in [0.1, 0.15) is 43.6 Å². The van der Waals surface area contributed by atoms with Crippen LogP contribution < -0.4 is 17.0 Å². The van der Waals surface area contributed by atoms with Crippen molar-refractivity contribution in [3.63, 3.8) is 0 Å². The van der Waals surface area contributed by atoms with E-state index < -0.39 is 17.0 Å². The Morgan fingerprint density at radius 1 is 1.15 bits per heavy atom. The number of thioether (sulfide) groups is 1. The summed E-state index contributed by atoms with van der Waals surface area (Å²) in [6.45, 7) is 9.36. The van der Waals surface area contributed by atoms with E-state index >= 15 is 0 Å². The van der Waals surface area contributed by atoms with E-state index in [0.29, 0.717) is 17.5 Å². The normalized spacial score (nSPS) is 11.7. The highest BCUT2D eigenvalue weighted by atomic mass is 32.2. The fourth-order valence-corrected chi connectivity index (χ4v) is 4.35. The molecule has 10 nitrogen and oxygen atoms in total. The Hall–Kier alpha value is -3.18. The first-order valence-electron chi connectivity index (χ1n) is 10.9. The van der Waals surface area contributed by atoms with Crippen molar-refractivity contribution in [1.82, 2.24) is 24.3 Å². The minimum absolute atomic E-state index is 0.0457. The van der Waals surface area contributed by atoms with Gasteiger partial charge in [0, 0.05) is 19.2 Å². The summed E-state index contributed by atoms with van der Waals surface area (Å²) >= 11 is 1.16. The van der Waals surface area contributed by atoms with Crippen molar-refractivity contribution in [2.24, 2.45) is 0 Å². The maximum absolute atomic E-state index is 12.9. The van der Waals surface area contributed by atoms with Gasteiger partial charge in [-0.3, -0.25) is 19.1 Å². The summed E-state index contributed by atoms with van der Waals surface area (Å²) in [6, 6.07) is 8.18. The van der Waals surface area contributed by atoms with Gasteiger partial charge in [0.15, 0.2) is 16.8 Å². The van der Waals surface area contributed by atoms with Crippen molar-refractivity contribution >= 4 is 23.4 Å². The smallest absolute Gasteiger partial charge is 0.330 e. The molecule has 0 spiro atoms. The summed E-state index contributed by atoms with van der Waals surface area (Å²) in [7, 11) is 1.48. The molecule has 0 unspecified atom stereocenters. The van der Waals surface area contributed by atoms with E-state index in [2.05, 4.69) is 48.1 Å². The molecule has 34 heavy (non-hydrogen) atoms. The van der Waals surface area contributed by atoms with Gasteiger partial charge in [-0.2, -0.15) is 0 Å². The number of nitrogens with zero attached hydrogens (tertiary/aromatic N) is 4. The molecule has 0 bridgehead atoms. The van der Waals surface area contributed by atoms with Crippen LogP contribution in [0.25, 0.3) is 11.4 Å². The van der Waals surface area contributed by atoms with E-state index in [-0.39, 0.29) is 35.7 Å². The van der Waals surface area contributed by atoms with E-state index in [0.717, 1.165) is 21.9 Å². The van der Waals surface area contributed by atoms with Crippen molar-refractivity contribution in [3.05, 3.63) is 56.2 Å². The van der Waals surface area contributed by atoms with Crippen LogP contribution in [-0.4, -0.2) is 49.6 Å². The molecule has 11 heteroatoms. The molecule has 0 aliphatic rings. The number of hydrogen-bond acceptors (Lipinski definition) is 8. The number of methoxy groups -OCH3 is 1. The van der Waals surface area contributed by atoms with Crippen LogP contribution in [0.2, 0.25) is 0 Å². The first-order valence-corrected chi connectivity index (χ1v) is 11.9. The number of carbonyl (C=O) groups excluding carboxylic acids is 1. The van der Waals surface area contributed by atoms with Crippen LogP contribution in [-0.2, 0) is 23.2 Å². The quantitative estimate of drug-likeness (QED) is 0.347. The number of aromatic amines is 1. The predicted octanol–water partition coefficient (Wildman–Crippen LogP) is 2.32. The molecule has 0 aliphatic carbocycles. The Morgan fingerprint density at radius 3 is 2.41 bits per heavy atom. The number of nitrogens with two attached hydrogens (primary N) is 1. The number of H-pyrrole nitrogens is 1. The second kappa shape index (κ2) is 10.4. The zero-order valence-corrected chi connectivity index (χ0v) is 20.9. The van der Waals surface area contributed by atoms with Gasteiger partial charge in [-0.15, -0.1) is 10.2 Å². The third-order valence-corrected chi connectivity index (χ3v) is 6.38. The number of benzene rings is 1. The summed E-state index contributed by atoms with van der Waals surface area (Å²) in [4.78, 5) is 39.4. The molecule has 182 valence electrons. The third-order valence-electron chi connectivity index (χ3n) is 5.41. The van der Waals surface area contributed by atoms with Crippen LogP contribution in [0.5, 0.6) is 0 Å². The molecule has 3 N–H and O–H groups in total. The van der Waals surface area contributed by atoms with Crippen LogP contribution in [0.4, 0.5) is 5.82 Å². The molecule has 0 saturated carbocycles. The summed E-state index contributed by atoms with van der Waals surface area (Å²) in [5, 5.41) is 9.12. The fraction of sp³-hybridized carbons (Fsp3) is 0.435. The van der Waals surface area contributed by atoms with Gasteiger partial charge in [0.2, 0.25) is 0 Å². The Bertz CT molecular complexity index is 1280. The zero-order valence-electron chi connectivity index (χ0n) is 20.0. The van der Waals surface area contributed by atoms with E-state index in [1.54, 1.807) is 0 Å². The van der Waals surface area contributed by atoms with E-state index in [9.17, 15) is 14.4 Å². The SMILES string of the molecule is CCn1c(SCC(=O)c2c(N)n(CCOC)c(=O)[nH]c2=O)nnc1-c1ccc(C(C)(C)C)cc1. The average Bonchev–Trinajstić information content (AvgIpc) is 3.19. The predicted molar refractivity (Wildman–Crippen MR) is 132 cm³/mol. The maximum Gasteiger partial charge on any atom is 0.330 e. The standard InChI is InChI=1S/C23H30N6O4S/c1-6-28-19(14-7-9-15(10-8-14)23(2,3)4)26-27-22(28)34-13-16(30)17-18(24)29(11-12-33-5)21(32)25-20(17)31/h7-10H,6,11-13,24H2,1-5H3,(H,25,31,32). The minimum atomic E-state index is -0.807. The molecule has 0 atom stereocenters. The molecule has 0 aliphatic heterocycles. The Balaban J connectivity index is 1.83. The van der Waals surface area contributed by atoms with Crippen molar-refractivity contribution in [2.45, 2.75) is 51.4 Å². The summed E-state index contributed by atoms with van der Waals surface area (Å²) in [5.74, 6) is -0.0651. The second-order valence-electron chi connectivity index (χ2n) is 8.75. The number of rotatable bonds is 9. The molecule has 2 heterocycles. The van der Waals surface area contributed by atoms with Crippen molar-refractivity contribution in [1.29, 1.82) is 0 Å². The first-order chi connectivity index (χ1) is 16.1. The summed E-state index contributed by atoms with van der Waals surface area (Å²) in [6.07, 6.45) is 0. The highest BCUT2D eigenvalue weighted by molar-refractivity contribution is 7.99. The van der Waals surface area contributed by atoms with Gasteiger partial charge in [0.05, 0.1) is 18.9 Å². The molecule has 3 aromatic rings. The lowest BCUT2D eigenvalue weighted by atomic mass is 9.87. The summed E-state index contributed by atoms with van der Waals surface area (Å²) in [5.41, 5.74) is 6.45. The Kier molecular flexibility index (Phi) is 7.78. The lowest BCUT2D eigenvalue weighted by Gasteiger charge is -2.19. The molecule has 1 aromatic carbocycles. The minimum Gasteiger partial charge on any atom is -0.384 e. The van der Waals surface area contributed by atoms with Gasteiger partial charge in [-0.05, 0) is 17.9 Å². The van der Waals surface area contributed by atoms with Crippen molar-refractivity contribution in [2.75, 3.05) is 25.2 Å². The highest BCUT2D eigenvalue weighted by Gasteiger charge is 2.22. The van der Waals surface area contributed by atoms with E-state index in [1.807, 2.05) is 23.6 Å². The number of nitrogens with one attached hydrogen (secondary N) is 1. The van der Waals surface area contributed by atoms with Gasteiger partial charge in [0.1, 0.15) is 11.4 Å². The lowest BCUT2D eigenvalue weighted by molar-refractivity contribution is 0.102. The molecular formula is C23H30N6O4S. The number of anilines is 1. The zero-order chi connectivity index (χ0) is 25.0. The first kappa shape index (κ1) is 25.4. The molecular weight excluding hydrogens is 456 g/mol. The van der Waals surface area contributed by atoms with Gasteiger partial charge in [-0.1, -0.05) is 56.8 Å². The van der Waals surface area contributed by atoms with Gasteiger partial charge in [-0.25, -0.2) is 4.79 Å². The van der Waals surface area contributed by atoms with Crippen LogP contribution in [0.3, 0.4) is 0 Å². The Morgan fingerprint density at radius 2 is 1.82 bits per heavy atom. The number of ketones is 1. The molecule has 0 radical (unpaired) electrons. The monoisotopic (exact) mass is 486 g/mol. The topological polar surface area (TPSA) is 138 Å². The van der Waals surface area contributed by atoms with Crippen LogP contribution >= 0.6 is 11.8 Å².